The van der Waals surface area contributed by atoms with Crippen LogP contribution in [0, 0.1) is 0 Å². The van der Waals surface area contributed by atoms with E-state index in [1.807, 2.05) is 0 Å². The molecule has 1 amide bonds. The Morgan fingerprint density at radius 3 is 2.52 bits per heavy atom. The first-order chi connectivity index (χ1) is 9.31. The number of likely N-dealkylation sites (N-methyl/N-ethyl adjacent to an activating group) is 1. The number of amides is 1. The van der Waals surface area contributed by atoms with Crippen LogP contribution in [0.15, 0.2) is 18.2 Å². The van der Waals surface area contributed by atoms with Crippen molar-refractivity contribution in [1.82, 2.24) is 10.6 Å². The Labute approximate surface area is 131 Å². The summed E-state index contributed by atoms with van der Waals surface area (Å²) in [6, 6.07) is 2.67. The molecule has 0 aliphatic rings. The van der Waals surface area contributed by atoms with Crippen molar-refractivity contribution in [3.05, 3.63) is 34.3 Å². The normalized spacial score (nSPS) is 12.5. The van der Waals surface area contributed by atoms with Gasteiger partial charge in [0.15, 0.2) is 0 Å². The fourth-order valence-corrected chi connectivity index (χ4v) is 1.85. The van der Waals surface area contributed by atoms with Gasteiger partial charge in [-0.25, -0.2) is 0 Å². The smallest absolute Gasteiger partial charge is 0.394 e. The van der Waals surface area contributed by atoms with E-state index in [1.165, 1.54) is 19.2 Å². The number of halogens is 5. The Bertz CT molecular complexity index is 480. The maximum absolute atomic E-state index is 12.7. The Balaban J connectivity index is 0.00000400. The second-order valence-corrected chi connectivity index (χ2v) is 4.40. The maximum Gasteiger partial charge on any atom is 0.417 e. The number of aliphatic hydroxyl groups excluding tert-OH is 1. The maximum atomic E-state index is 12.7. The largest absolute Gasteiger partial charge is 0.417 e. The second-order valence-electron chi connectivity index (χ2n) is 4.02. The van der Waals surface area contributed by atoms with Crippen LogP contribution in [0.5, 0.6) is 0 Å². The molecule has 0 aliphatic heterocycles. The summed E-state index contributed by atoms with van der Waals surface area (Å²) in [5.41, 5.74) is -0.791. The van der Waals surface area contributed by atoms with E-state index in [9.17, 15) is 18.0 Å². The highest BCUT2D eigenvalue weighted by Gasteiger charge is 2.33. The molecule has 21 heavy (non-hydrogen) atoms. The van der Waals surface area contributed by atoms with Gasteiger partial charge in [-0.3, -0.25) is 4.79 Å². The van der Waals surface area contributed by atoms with E-state index >= 15 is 0 Å². The zero-order valence-corrected chi connectivity index (χ0v) is 12.6. The van der Waals surface area contributed by atoms with Crippen molar-refractivity contribution in [2.45, 2.75) is 18.8 Å². The highest BCUT2D eigenvalue weighted by molar-refractivity contribution is 6.32. The molecular formula is C12H15Cl2F3N2O2. The third-order valence-corrected chi connectivity index (χ3v) is 3.13. The monoisotopic (exact) mass is 346 g/mol. The predicted molar refractivity (Wildman–Crippen MR) is 75.5 cm³/mol. The van der Waals surface area contributed by atoms with Gasteiger partial charge in [0.05, 0.1) is 17.2 Å². The number of aliphatic hydroxyl groups is 1. The fourth-order valence-electron chi connectivity index (χ4n) is 1.55. The molecular weight excluding hydrogens is 332 g/mol. The lowest BCUT2D eigenvalue weighted by Crippen LogP contribution is -2.44. The molecule has 0 aliphatic carbocycles. The highest BCUT2D eigenvalue weighted by Crippen LogP contribution is 2.36. The Kier molecular flexibility index (Phi) is 8.02. The molecule has 0 saturated heterocycles. The molecule has 0 unspecified atom stereocenters. The van der Waals surface area contributed by atoms with Crippen LogP contribution in [-0.2, 0) is 17.5 Å². The summed E-state index contributed by atoms with van der Waals surface area (Å²) in [5, 5.41) is 13.4. The second kappa shape index (κ2) is 8.43. The first-order valence-corrected chi connectivity index (χ1v) is 6.09. The minimum atomic E-state index is -4.55. The number of alkyl halides is 3. The van der Waals surface area contributed by atoms with Crippen LogP contribution in [-0.4, -0.2) is 30.7 Å². The topological polar surface area (TPSA) is 61.4 Å². The van der Waals surface area contributed by atoms with Gasteiger partial charge in [0, 0.05) is 6.54 Å². The van der Waals surface area contributed by atoms with Gasteiger partial charge in [-0.1, -0.05) is 23.7 Å². The van der Waals surface area contributed by atoms with E-state index in [4.69, 9.17) is 16.7 Å². The predicted octanol–water partition coefficient (Wildman–Crippen LogP) is 1.98. The molecule has 1 aromatic carbocycles. The van der Waals surface area contributed by atoms with E-state index in [0.717, 1.165) is 6.07 Å². The number of carbonyl (C=O) groups excluding carboxylic acids is 1. The van der Waals surface area contributed by atoms with E-state index in [2.05, 4.69) is 10.6 Å². The molecule has 4 nitrogen and oxygen atoms in total. The number of hydrogen-bond acceptors (Lipinski definition) is 3. The molecule has 0 spiro atoms. The SMILES string of the molecule is CN[C@@H](CO)C(=O)NCc1cccc(C(F)(F)F)c1Cl.Cl. The molecule has 1 aromatic rings. The standard InChI is InChI=1S/C12H14ClF3N2O2.ClH/c1-17-9(6-19)11(20)18-5-7-3-2-4-8(10(7)13)12(14,15)16;/h2-4,9,17,19H,5-6H2,1H3,(H,18,20);1H/t9-;/m0./s1. The third kappa shape index (κ3) is 5.35. The average Bonchev–Trinajstić information content (AvgIpc) is 2.37. The van der Waals surface area contributed by atoms with E-state index in [0.29, 0.717) is 0 Å². The lowest BCUT2D eigenvalue weighted by Gasteiger charge is -2.15. The van der Waals surface area contributed by atoms with E-state index in [1.54, 1.807) is 0 Å². The van der Waals surface area contributed by atoms with Gasteiger partial charge < -0.3 is 15.7 Å². The number of nitrogens with one attached hydrogen (secondary N) is 2. The van der Waals surface area contributed by atoms with Crippen LogP contribution < -0.4 is 10.6 Å². The van der Waals surface area contributed by atoms with Gasteiger partial charge in [-0.15, -0.1) is 12.4 Å². The van der Waals surface area contributed by atoms with Gasteiger partial charge >= 0.3 is 6.18 Å². The van der Waals surface area contributed by atoms with Crippen LogP contribution >= 0.6 is 24.0 Å². The summed E-state index contributed by atoms with van der Waals surface area (Å²) in [6.07, 6.45) is -4.55. The van der Waals surface area contributed by atoms with Crippen molar-refractivity contribution in [3.63, 3.8) is 0 Å². The number of carbonyl (C=O) groups is 1. The summed E-state index contributed by atoms with van der Waals surface area (Å²) in [7, 11) is 1.48. The van der Waals surface area contributed by atoms with E-state index in [-0.39, 0.29) is 24.5 Å². The van der Waals surface area contributed by atoms with Crippen molar-refractivity contribution in [2.24, 2.45) is 0 Å². The fraction of sp³-hybridized carbons (Fsp3) is 0.417. The van der Waals surface area contributed by atoms with Crippen LogP contribution in [0.4, 0.5) is 13.2 Å². The van der Waals surface area contributed by atoms with Crippen molar-refractivity contribution in [2.75, 3.05) is 13.7 Å². The highest BCUT2D eigenvalue weighted by atomic mass is 35.5. The molecule has 0 radical (unpaired) electrons. The summed E-state index contributed by atoms with van der Waals surface area (Å²) < 4.78 is 38.0. The molecule has 120 valence electrons. The third-order valence-electron chi connectivity index (χ3n) is 2.68. The quantitative estimate of drug-likeness (QED) is 0.763. The van der Waals surface area contributed by atoms with Gasteiger partial charge in [0.1, 0.15) is 6.04 Å². The summed E-state index contributed by atoms with van der Waals surface area (Å²) in [5.74, 6) is -0.525. The van der Waals surface area contributed by atoms with E-state index < -0.39 is 35.3 Å². The van der Waals surface area contributed by atoms with Crippen molar-refractivity contribution < 1.29 is 23.1 Å². The molecule has 0 fully saturated rings. The summed E-state index contributed by atoms with van der Waals surface area (Å²) in [4.78, 5) is 11.6. The zero-order chi connectivity index (χ0) is 15.3. The average molecular weight is 347 g/mol. The van der Waals surface area contributed by atoms with Gasteiger partial charge in [-0.2, -0.15) is 13.2 Å². The minimum absolute atomic E-state index is 0. The van der Waals surface area contributed by atoms with Crippen molar-refractivity contribution >= 4 is 29.9 Å². The lowest BCUT2D eigenvalue weighted by atomic mass is 10.1. The lowest BCUT2D eigenvalue weighted by molar-refractivity contribution is -0.137. The number of hydrogen-bond donors (Lipinski definition) is 3. The van der Waals surface area contributed by atoms with Crippen LogP contribution in [0.2, 0.25) is 5.02 Å². The molecule has 0 heterocycles. The number of rotatable bonds is 5. The molecule has 0 saturated carbocycles. The van der Waals surface area contributed by atoms with Gasteiger partial charge in [-0.05, 0) is 18.7 Å². The zero-order valence-electron chi connectivity index (χ0n) is 11.0. The molecule has 3 N–H and O–H groups in total. The first kappa shape index (κ1) is 20.0. The molecule has 1 rings (SSSR count). The molecule has 9 heteroatoms. The molecule has 0 aromatic heterocycles. The molecule has 1 atom stereocenters. The Morgan fingerprint density at radius 2 is 2.05 bits per heavy atom. The van der Waals surface area contributed by atoms with Crippen molar-refractivity contribution in [3.8, 4) is 0 Å². The van der Waals surface area contributed by atoms with Gasteiger partial charge in [0.25, 0.3) is 0 Å². The summed E-state index contributed by atoms with van der Waals surface area (Å²) >= 11 is 5.69. The Hall–Kier alpha value is -1.02. The Morgan fingerprint density at radius 1 is 1.43 bits per heavy atom. The molecule has 0 bridgehead atoms. The first-order valence-electron chi connectivity index (χ1n) is 5.71. The van der Waals surface area contributed by atoms with Gasteiger partial charge in [0.2, 0.25) is 5.91 Å². The van der Waals surface area contributed by atoms with Crippen LogP contribution in [0.25, 0.3) is 0 Å². The minimum Gasteiger partial charge on any atom is -0.394 e. The van der Waals surface area contributed by atoms with Crippen LogP contribution in [0.1, 0.15) is 11.1 Å². The van der Waals surface area contributed by atoms with Crippen LogP contribution in [0.3, 0.4) is 0 Å². The van der Waals surface area contributed by atoms with Crippen molar-refractivity contribution in [1.29, 1.82) is 0 Å². The number of benzene rings is 1. The summed E-state index contributed by atoms with van der Waals surface area (Å²) in [6.45, 7) is -0.571.